The smallest absolute Gasteiger partial charge is 0.335 e. The highest BCUT2D eigenvalue weighted by molar-refractivity contribution is 7.95. The molecule has 0 aliphatic rings. The quantitative estimate of drug-likeness (QED) is 0.572. The number of anilines is 1. The van der Waals surface area contributed by atoms with Crippen LogP contribution in [0.25, 0.3) is 6.08 Å². The maximum absolute atomic E-state index is 12.5. The van der Waals surface area contributed by atoms with Crippen molar-refractivity contribution >= 4 is 27.8 Å². The van der Waals surface area contributed by atoms with Crippen molar-refractivity contribution in [2.75, 3.05) is 4.72 Å². The summed E-state index contributed by atoms with van der Waals surface area (Å²) in [6, 6.07) is 23.2. The number of hydrogen-bond donors (Lipinski definition) is 2. The molecule has 3 aromatic rings. The Balaban J connectivity index is 1.72. The predicted molar refractivity (Wildman–Crippen MR) is 115 cm³/mol. The van der Waals surface area contributed by atoms with E-state index in [1.54, 1.807) is 36.4 Å². The number of aromatic carboxylic acids is 1. The SMILES string of the molecule is O=C(O)c1cccc(CCc2ccccc2NS(=O)(=O)/C=C/c2ccccc2)c1. The number of carbonyl (C=O) groups is 1. The Morgan fingerprint density at radius 2 is 1.62 bits per heavy atom. The minimum atomic E-state index is -3.66. The molecule has 2 N–H and O–H groups in total. The van der Waals surface area contributed by atoms with Crippen LogP contribution in [0.3, 0.4) is 0 Å². The topological polar surface area (TPSA) is 83.5 Å². The third-order valence-corrected chi connectivity index (χ3v) is 5.36. The summed E-state index contributed by atoms with van der Waals surface area (Å²) in [5.41, 5.74) is 3.27. The molecule has 0 heterocycles. The molecule has 0 aliphatic heterocycles. The van der Waals surface area contributed by atoms with Crippen LogP contribution in [-0.4, -0.2) is 19.5 Å². The lowest BCUT2D eigenvalue weighted by Gasteiger charge is -2.11. The Hall–Kier alpha value is -3.38. The molecule has 0 bridgehead atoms. The van der Waals surface area contributed by atoms with Crippen molar-refractivity contribution in [1.29, 1.82) is 0 Å². The number of aryl methyl sites for hydroxylation is 2. The maximum Gasteiger partial charge on any atom is 0.335 e. The summed E-state index contributed by atoms with van der Waals surface area (Å²) < 4.78 is 27.5. The standard InChI is InChI=1S/C23H21NO4S/c25-23(26)21-11-6-9-19(17-21)13-14-20-10-4-5-12-22(20)24-29(27,28)16-15-18-7-2-1-3-8-18/h1-12,15-17,24H,13-14H2,(H,25,26)/b16-15+. The van der Waals surface area contributed by atoms with Gasteiger partial charge in [0.2, 0.25) is 0 Å². The van der Waals surface area contributed by atoms with Gasteiger partial charge in [0, 0.05) is 0 Å². The number of carboxylic acid groups (broad SMARTS) is 1. The Morgan fingerprint density at radius 1 is 0.897 bits per heavy atom. The van der Waals surface area contributed by atoms with Crippen LogP contribution in [0.1, 0.15) is 27.0 Å². The molecule has 0 aromatic heterocycles. The van der Waals surface area contributed by atoms with Gasteiger partial charge in [0.1, 0.15) is 0 Å². The fraction of sp³-hybridized carbons (Fsp3) is 0.0870. The largest absolute Gasteiger partial charge is 0.478 e. The first-order valence-electron chi connectivity index (χ1n) is 9.09. The molecule has 0 spiro atoms. The highest BCUT2D eigenvalue weighted by atomic mass is 32.2. The van der Waals surface area contributed by atoms with Gasteiger partial charge in [-0.3, -0.25) is 4.72 Å². The van der Waals surface area contributed by atoms with Crippen LogP contribution in [0, 0.1) is 0 Å². The minimum absolute atomic E-state index is 0.238. The predicted octanol–water partition coefficient (Wildman–Crippen LogP) is 4.58. The van der Waals surface area contributed by atoms with Crippen LogP contribution in [0.15, 0.2) is 84.3 Å². The number of benzene rings is 3. The molecule has 0 radical (unpaired) electrons. The van der Waals surface area contributed by atoms with Crippen LogP contribution in [0.2, 0.25) is 0 Å². The fourth-order valence-corrected chi connectivity index (χ4v) is 3.81. The van der Waals surface area contributed by atoms with Gasteiger partial charge < -0.3 is 5.11 Å². The van der Waals surface area contributed by atoms with Gasteiger partial charge in [0.25, 0.3) is 10.0 Å². The van der Waals surface area contributed by atoms with E-state index in [0.717, 1.165) is 22.1 Å². The van der Waals surface area contributed by atoms with Crippen LogP contribution in [0.4, 0.5) is 5.69 Å². The van der Waals surface area contributed by atoms with E-state index in [1.807, 2.05) is 48.5 Å². The third-order valence-electron chi connectivity index (χ3n) is 4.37. The van der Waals surface area contributed by atoms with E-state index in [2.05, 4.69) is 4.72 Å². The molecular weight excluding hydrogens is 386 g/mol. The fourth-order valence-electron chi connectivity index (χ4n) is 2.90. The second-order valence-electron chi connectivity index (χ2n) is 6.52. The third kappa shape index (κ3) is 6.05. The molecule has 148 valence electrons. The Morgan fingerprint density at radius 3 is 2.38 bits per heavy atom. The molecule has 0 amide bonds. The van der Waals surface area contributed by atoms with E-state index < -0.39 is 16.0 Å². The lowest BCUT2D eigenvalue weighted by Crippen LogP contribution is -2.11. The van der Waals surface area contributed by atoms with Gasteiger partial charge in [0.05, 0.1) is 16.7 Å². The number of para-hydroxylation sites is 1. The average molecular weight is 407 g/mol. The van der Waals surface area contributed by atoms with Crippen molar-refractivity contribution in [3.63, 3.8) is 0 Å². The Labute approximate surface area is 170 Å². The van der Waals surface area contributed by atoms with Gasteiger partial charge in [-0.25, -0.2) is 13.2 Å². The molecule has 0 saturated carbocycles. The van der Waals surface area contributed by atoms with Gasteiger partial charge in [-0.2, -0.15) is 0 Å². The molecular formula is C23H21NO4S. The van der Waals surface area contributed by atoms with E-state index in [0.29, 0.717) is 18.5 Å². The van der Waals surface area contributed by atoms with Crippen molar-refractivity contribution in [2.24, 2.45) is 0 Å². The summed E-state index contributed by atoms with van der Waals surface area (Å²) in [4.78, 5) is 11.1. The molecule has 0 saturated heterocycles. The Kier molecular flexibility index (Phi) is 6.46. The minimum Gasteiger partial charge on any atom is -0.478 e. The Bertz CT molecular complexity index is 1120. The molecule has 0 fully saturated rings. The molecule has 0 unspecified atom stereocenters. The molecule has 3 aromatic carbocycles. The zero-order chi connectivity index (χ0) is 20.7. The number of hydrogen-bond acceptors (Lipinski definition) is 3. The van der Waals surface area contributed by atoms with Crippen molar-refractivity contribution in [3.05, 3.63) is 107 Å². The van der Waals surface area contributed by atoms with Crippen molar-refractivity contribution in [2.45, 2.75) is 12.8 Å². The molecule has 0 atom stereocenters. The summed E-state index contributed by atoms with van der Waals surface area (Å²) in [7, 11) is -3.66. The van der Waals surface area contributed by atoms with Crippen LogP contribution < -0.4 is 4.72 Å². The monoisotopic (exact) mass is 407 g/mol. The van der Waals surface area contributed by atoms with E-state index in [4.69, 9.17) is 5.11 Å². The van der Waals surface area contributed by atoms with Gasteiger partial charge >= 0.3 is 5.97 Å². The summed E-state index contributed by atoms with van der Waals surface area (Å²) in [6.45, 7) is 0. The number of carboxylic acids is 1. The molecule has 5 nitrogen and oxygen atoms in total. The van der Waals surface area contributed by atoms with Gasteiger partial charge in [0.15, 0.2) is 0 Å². The first kappa shape index (κ1) is 20.4. The lowest BCUT2D eigenvalue weighted by molar-refractivity contribution is 0.0696. The molecule has 6 heteroatoms. The van der Waals surface area contributed by atoms with Crippen molar-refractivity contribution in [1.82, 2.24) is 0 Å². The lowest BCUT2D eigenvalue weighted by atomic mass is 10.0. The second-order valence-corrected chi connectivity index (χ2v) is 8.09. The summed E-state index contributed by atoms with van der Waals surface area (Å²) in [6.07, 6.45) is 2.71. The van der Waals surface area contributed by atoms with Crippen LogP contribution in [0.5, 0.6) is 0 Å². The highest BCUT2D eigenvalue weighted by Crippen LogP contribution is 2.20. The molecule has 3 rings (SSSR count). The van der Waals surface area contributed by atoms with E-state index in [9.17, 15) is 13.2 Å². The number of rotatable bonds is 8. The first-order chi connectivity index (χ1) is 13.9. The van der Waals surface area contributed by atoms with Gasteiger partial charge in [-0.1, -0.05) is 60.7 Å². The van der Waals surface area contributed by atoms with Gasteiger partial charge in [-0.05, 0) is 53.8 Å². The second kappa shape index (κ2) is 9.21. The van der Waals surface area contributed by atoms with Gasteiger partial charge in [-0.15, -0.1) is 0 Å². The summed E-state index contributed by atoms with van der Waals surface area (Å²) >= 11 is 0. The molecule has 0 aliphatic carbocycles. The zero-order valence-electron chi connectivity index (χ0n) is 15.7. The highest BCUT2D eigenvalue weighted by Gasteiger charge is 2.10. The van der Waals surface area contributed by atoms with E-state index >= 15 is 0 Å². The molecule has 29 heavy (non-hydrogen) atoms. The van der Waals surface area contributed by atoms with Crippen molar-refractivity contribution < 1.29 is 18.3 Å². The summed E-state index contributed by atoms with van der Waals surface area (Å²) in [5.74, 6) is -0.967. The first-order valence-corrected chi connectivity index (χ1v) is 10.6. The van der Waals surface area contributed by atoms with Crippen LogP contribution >= 0.6 is 0 Å². The van der Waals surface area contributed by atoms with E-state index in [1.165, 1.54) is 0 Å². The zero-order valence-corrected chi connectivity index (χ0v) is 16.5. The number of nitrogens with one attached hydrogen (secondary N) is 1. The van der Waals surface area contributed by atoms with E-state index in [-0.39, 0.29) is 5.56 Å². The summed E-state index contributed by atoms with van der Waals surface area (Å²) in [5, 5.41) is 10.3. The normalized spacial score (nSPS) is 11.4. The maximum atomic E-state index is 12.5. The average Bonchev–Trinajstić information content (AvgIpc) is 2.72. The van der Waals surface area contributed by atoms with Crippen LogP contribution in [-0.2, 0) is 22.9 Å². The van der Waals surface area contributed by atoms with Crippen molar-refractivity contribution in [3.8, 4) is 0 Å². The number of sulfonamides is 1.